The molecule has 0 saturated carbocycles. The molecule has 1 N–H and O–H groups in total. The average molecular weight is 257 g/mol. The molecule has 2 heterocycles. The molecule has 0 aliphatic carbocycles. The summed E-state index contributed by atoms with van der Waals surface area (Å²) in [6, 6.07) is 7.43. The smallest absolute Gasteiger partial charge is 0.254 e. The molecule has 1 aliphatic heterocycles. The van der Waals surface area contributed by atoms with E-state index in [4.69, 9.17) is 0 Å². The van der Waals surface area contributed by atoms with Crippen molar-refractivity contribution in [3.05, 3.63) is 48.5 Å². The lowest BCUT2D eigenvalue weighted by molar-refractivity contribution is 0.0765. The molecule has 0 radical (unpaired) electrons. The minimum Gasteiger partial charge on any atom is -0.391 e. The van der Waals surface area contributed by atoms with Crippen LogP contribution in [-0.4, -0.2) is 44.7 Å². The van der Waals surface area contributed by atoms with E-state index in [1.807, 2.05) is 29.0 Å². The number of imidazole rings is 1. The minimum absolute atomic E-state index is 0.0292. The molecule has 0 unspecified atom stereocenters. The Hall–Kier alpha value is -2.14. The summed E-state index contributed by atoms with van der Waals surface area (Å²) in [6.45, 7) is 1.05. The third-order valence-electron chi connectivity index (χ3n) is 3.35. The number of likely N-dealkylation sites (tertiary alicyclic amines) is 1. The van der Waals surface area contributed by atoms with Crippen LogP contribution in [0, 0.1) is 0 Å². The zero-order valence-electron chi connectivity index (χ0n) is 10.4. The topological polar surface area (TPSA) is 58.4 Å². The van der Waals surface area contributed by atoms with Crippen LogP contribution >= 0.6 is 0 Å². The van der Waals surface area contributed by atoms with Gasteiger partial charge in [0.2, 0.25) is 0 Å². The third-order valence-corrected chi connectivity index (χ3v) is 3.35. The molecule has 5 nitrogen and oxygen atoms in total. The number of hydrogen-bond acceptors (Lipinski definition) is 3. The maximum atomic E-state index is 12.3. The van der Waals surface area contributed by atoms with Crippen molar-refractivity contribution in [3.63, 3.8) is 0 Å². The van der Waals surface area contributed by atoms with Gasteiger partial charge in [-0.2, -0.15) is 0 Å². The van der Waals surface area contributed by atoms with Gasteiger partial charge < -0.3 is 14.6 Å². The number of carbonyl (C=O) groups is 1. The van der Waals surface area contributed by atoms with Gasteiger partial charge in [0.15, 0.2) is 0 Å². The van der Waals surface area contributed by atoms with E-state index in [1.54, 1.807) is 23.5 Å². The van der Waals surface area contributed by atoms with E-state index < -0.39 is 0 Å². The summed E-state index contributed by atoms with van der Waals surface area (Å²) in [5, 5.41) is 9.49. The third kappa shape index (κ3) is 2.37. The second-order valence-corrected chi connectivity index (χ2v) is 4.71. The quantitative estimate of drug-likeness (QED) is 0.875. The zero-order valence-corrected chi connectivity index (χ0v) is 10.4. The number of benzene rings is 1. The average Bonchev–Trinajstić information content (AvgIpc) is 3.09. The Morgan fingerprint density at radius 2 is 2.32 bits per heavy atom. The maximum absolute atomic E-state index is 12.3. The van der Waals surface area contributed by atoms with Gasteiger partial charge in [-0.3, -0.25) is 4.79 Å². The predicted octanol–water partition coefficient (Wildman–Crippen LogP) is 1.08. The lowest BCUT2D eigenvalue weighted by Crippen LogP contribution is -2.29. The van der Waals surface area contributed by atoms with Crippen molar-refractivity contribution in [1.29, 1.82) is 0 Å². The van der Waals surface area contributed by atoms with Gasteiger partial charge in [0.1, 0.15) is 0 Å². The predicted molar refractivity (Wildman–Crippen MR) is 70.1 cm³/mol. The largest absolute Gasteiger partial charge is 0.391 e. The van der Waals surface area contributed by atoms with E-state index in [2.05, 4.69) is 4.98 Å². The van der Waals surface area contributed by atoms with Crippen LogP contribution in [0.1, 0.15) is 16.8 Å². The van der Waals surface area contributed by atoms with E-state index in [0.717, 1.165) is 5.69 Å². The summed E-state index contributed by atoms with van der Waals surface area (Å²) in [7, 11) is 0. The summed E-state index contributed by atoms with van der Waals surface area (Å²) in [6.07, 6.45) is 5.51. The summed E-state index contributed by atoms with van der Waals surface area (Å²) in [5.41, 5.74) is 1.54. The van der Waals surface area contributed by atoms with Crippen molar-refractivity contribution in [2.75, 3.05) is 13.1 Å². The molecule has 1 atom stereocenters. The van der Waals surface area contributed by atoms with Crippen LogP contribution in [0.5, 0.6) is 0 Å². The highest BCUT2D eigenvalue weighted by Gasteiger charge is 2.25. The first kappa shape index (κ1) is 11.9. The van der Waals surface area contributed by atoms with E-state index >= 15 is 0 Å². The Morgan fingerprint density at radius 3 is 3.00 bits per heavy atom. The Balaban J connectivity index is 1.85. The van der Waals surface area contributed by atoms with Crippen LogP contribution in [0.3, 0.4) is 0 Å². The van der Waals surface area contributed by atoms with Gasteiger partial charge in [0.25, 0.3) is 5.91 Å². The fourth-order valence-corrected chi connectivity index (χ4v) is 2.32. The highest BCUT2D eigenvalue weighted by atomic mass is 16.3. The fraction of sp³-hybridized carbons (Fsp3) is 0.286. The lowest BCUT2D eigenvalue weighted by Gasteiger charge is -2.16. The summed E-state index contributed by atoms with van der Waals surface area (Å²) in [4.78, 5) is 18.0. The normalized spacial score (nSPS) is 18.8. The maximum Gasteiger partial charge on any atom is 0.254 e. The van der Waals surface area contributed by atoms with Gasteiger partial charge in [0.05, 0.1) is 12.4 Å². The molecule has 5 heteroatoms. The summed E-state index contributed by atoms with van der Waals surface area (Å²) < 4.78 is 1.86. The zero-order chi connectivity index (χ0) is 13.2. The standard InChI is InChI=1S/C14H15N3O2/c18-13-4-6-16(9-13)14(19)11-2-1-3-12(8-11)17-7-5-15-10-17/h1-3,5,7-8,10,13,18H,4,6,9H2/t13-/m1/s1. The molecule has 3 rings (SSSR count). The van der Waals surface area contributed by atoms with Gasteiger partial charge in [-0.05, 0) is 24.6 Å². The Labute approximate surface area is 111 Å². The van der Waals surface area contributed by atoms with Crippen molar-refractivity contribution >= 4 is 5.91 Å². The van der Waals surface area contributed by atoms with E-state index in [9.17, 15) is 9.90 Å². The highest BCUT2D eigenvalue weighted by molar-refractivity contribution is 5.95. The summed E-state index contributed by atoms with van der Waals surface area (Å²) >= 11 is 0. The van der Waals surface area contributed by atoms with Gasteiger partial charge >= 0.3 is 0 Å². The number of aliphatic hydroxyl groups excluding tert-OH is 1. The van der Waals surface area contributed by atoms with E-state index in [1.165, 1.54) is 0 Å². The molecule has 0 spiro atoms. The van der Waals surface area contributed by atoms with Crippen molar-refractivity contribution in [3.8, 4) is 5.69 Å². The summed E-state index contributed by atoms with van der Waals surface area (Å²) in [5.74, 6) is -0.0292. The van der Waals surface area contributed by atoms with E-state index in [-0.39, 0.29) is 12.0 Å². The van der Waals surface area contributed by atoms with Crippen LogP contribution in [0.15, 0.2) is 43.0 Å². The Morgan fingerprint density at radius 1 is 1.42 bits per heavy atom. The van der Waals surface area contributed by atoms with Crippen molar-refractivity contribution in [2.24, 2.45) is 0 Å². The number of amides is 1. The van der Waals surface area contributed by atoms with Gasteiger partial charge in [-0.25, -0.2) is 4.98 Å². The Kier molecular flexibility index (Phi) is 3.05. The minimum atomic E-state index is -0.388. The molecule has 1 saturated heterocycles. The lowest BCUT2D eigenvalue weighted by atomic mass is 10.1. The first-order valence-electron chi connectivity index (χ1n) is 6.30. The van der Waals surface area contributed by atoms with Crippen LogP contribution < -0.4 is 0 Å². The Bertz CT molecular complexity index is 580. The number of hydrogen-bond donors (Lipinski definition) is 1. The van der Waals surface area contributed by atoms with Crippen molar-refractivity contribution in [1.82, 2.24) is 14.5 Å². The molecule has 0 bridgehead atoms. The van der Waals surface area contributed by atoms with E-state index in [0.29, 0.717) is 25.1 Å². The number of β-amino-alcohol motifs (C(OH)–C–C–N with tert-alkyl or cyclic N) is 1. The number of carbonyl (C=O) groups excluding carboxylic acids is 1. The number of rotatable bonds is 2. The molecule has 1 aromatic carbocycles. The molecule has 1 fully saturated rings. The molecule has 19 heavy (non-hydrogen) atoms. The monoisotopic (exact) mass is 257 g/mol. The second-order valence-electron chi connectivity index (χ2n) is 4.71. The second kappa shape index (κ2) is 4.85. The molecule has 98 valence electrons. The molecule has 1 amide bonds. The SMILES string of the molecule is O=C(c1cccc(-n2ccnc2)c1)N1CC[C@@H](O)C1. The van der Waals surface area contributed by atoms with Crippen LogP contribution in [0.2, 0.25) is 0 Å². The van der Waals surface area contributed by atoms with Gasteiger partial charge in [0, 0.05) is 36.7 Å². The highest BCUT2D eigenvalue weighted by Crippen LogP contribution is 2.16. The first-order valence-corrected chi connectivity index (χ1v) is 6.30. The number of aliphatic hydroxyl groups is 1. The molecule has 2 aromatic rings. The van der Waals surface area contributed by atoms with Crippen molar-refractivity contribution < 1.29 is 9.90 Å². The molecular weight excluding hydrogens is 242 g/mol. The molecule has 1 aliphatic rings. The van der Waals surface area contributed by atoms with Crippen LogP contribution in [0.25, 0.3) is 5.69 Å². The molecule has 1 aromatic heterocycles. The number of aromatic nitrogens is 2. The van der Waals surface area contributed by atoms with Crippen LogP contribution in [-0.2, 0) is 0 Å². The van der Waals surface area contributed by atoms with Gasteiger partial charge in [-0.1, -0.05) is 6.07 Å². The number of nitrogens with zero attached hydrogens (tertiary/aromatic N) is 3. The molecular formula is C14H15N3O2. The fourth-order valence-electron chi connectivity index (χ4n) is 2.32. The van der Waals surface area contributed by atoms with Crippen LogP contribution in [0.4, 0.5) is 0 Å². The first-order chi connectivity index (χ1) is 9.24. The van der Waals surface area contributed by atoms with Crippen molar-refractivity contribution in [2.45, 2.75) is 12.5 Å². The van der Waals surface area contributed by atoms with Gasteiger partial charge in [-0.15, -0.1) is 0 Å².